The smallest absolute Gasteiger partial charge is 0.409 e. The van der Waals surface area contributed by atoms with Crippen LogP contribution >= 0.6 is 15.9 Å². The average molecular weight is 290 g/mol. The number of hydrogen-bond acceptors (Lipinski definition) is 2. The van der Waals surface area contributed by atoms with Gasteiger partial charge in [-0.3, -0.25) is 0 Å². The van der Waals surface area contributed by atoms with Crippen LogP contribution in [0.3, 0.4) is 0 Å². The van der Waals surface area contributed by atoms with Gasteiger partial charge in [0.05, 0.1) is 4.47 Å². The highest BCUT2D eigenvalue weighted by molar-refractivity contribution is 9.10. The van der Waals surface area contributed by atoms with Gasteiger partial charge in [-0.2, -0.15) is 0 Å². The molecule has 0 aromatic heterocycles. The van der Waals surface area contributed by atoms with Crippen molar-refractivity contribution >= 4 is 22.0 Å². The molecule has 0 aliphatic rings. The van der Waals surface area contributed by atoms with Gasteiger partial charge in [0.25, 0.3) is 0 Å². The zero-order valence-electron chi connectivity index (χ0n) is 9.30. The van der Waals surface area contributed by atoms with Crippen molar-refractivity contribution in [2.45, 2.75) is 26.3 Å². The highest BCUT2D eigenvalue weighted by atomic mass is 79.9. The van der Waals surface area contributed by atoms with Crippen LogP contribution in [0.4, 0.5) is 9.18 Å². The first-order valence-corrected chi connectivity index (χ1v) is 5.52. The van der Waals surface area contributed by atoms with E-state index in [1.165, 1.54) is 12.1 Å². The van der Waals surface area contributed by atoms with E-state index in [1.54, 1.807) is 0 Å². The van der Waals surface area contributed by atoms with Crippen LogP contribution < -0.4 is 10.1 Å². The fraction of sp³-hybridized carbons (Fsp3) is 0.364. The first kappa shape index (κ1) is 13.0. The van der Waals surface area contributed by atoms with Gasteiger partial charge in [0.1, 0.15) is 11.6 Å². The molecule has 0 saturated carbocycles. The van der Waals surface area contributed by atoms with Crippen molar-refractivity contribution in [3.63, 3.8) is 0 Å². The summed E-state index contributed by atoms with van der Waals surface area (Å²) < 4.78 is 18.4. The van der Waals surface area contributed by atoms with Crippen LogP contribution in [0.25, 0.3) is 0 Å². The minimum absolute atomic E-state index is 0.154. The van der Waals surface area contributed by atoms with Gasteiger partial charge in [0, 0.05) is 11.6 Å². The fourth-order valence-corrected chi connectivity index (χ4v) is 1.31. The second kappa shape index (κ2) is 4.82. The van der Waals surface area contributed by atoms with Crippen LogP contribution in [0.15, 0.2) is 22.7 Å². The Morgan fingerprint density at radius 3 is 2.62 bits per heavy atom. The molecule has 1 rings (SSSR count). The Labute approximate surface area is 102 Å². The minimum atomic E-state index is -0.612. The van der Waals surface area contributed by atoms with E-state index in [2.05, 4.69) is 21.2 Å². The summed E-state index contributed by atoms with van der Waals surface area (Å²) in [6, 6.07) is 3.90. The number of ether oxygens (including phenoxy) is 1. The van der Waals surface area contributed by atoms with Crippen molar-refractivity contribution in [1.82, 2.24) is 5.32 Å². The summed E-state index contributed by atoms with van der Waals surface area (Å²) in [6.45, 7) is 5.48. The molecule has 0 bridgehead atoms. The molecular formula is C11H13BrFNO2. The molecule has 1 aromatic rings. The van der Waals surface area contributed by atoms with Crippen molar-refractivity contribution in [3.05, 3.63) is 28.5 Å². The molecule has 0 radical (unpaired) electrons. The number of benzene rings is 1. The van der Waals surface area contributed by atoms with Gasteiger partial charge in [0.15, 0.2) is 0 Å². The van der Waals surface area contributed by atoms with Gasteiger partial charge in [-0.1, -0.05) is 0 Å². The third-order valence-corrected chi connectivity index (χ3v) is 2.23. The lowest BCUT2D eigenvalue weighted by molar-refractivity contribution is 0.190. The van der Waals surface area contributed by atoms with Gasteiger partial charge in [0.2, 0.25) is 0 Å². The maximum absolute atomic E-state index is 12.9. The molecule has 16 heavy (non-hydrogen) atoms. The molecule has 0 saturated heterocycles. The minimum Gasteiger partial charge on any atom is -0.409 e. The van der Waals surface area contributed by atoms with E-state index in [1.807, 2.05) is 20.8 Å². The number of halogens is 2. The van der Waals surface area contributed by atoms with Gasteiger partial charge >= 0.3 is 6.09 Å². The van der Waals surface area contributed by atoms with Crippen LogP contribution in [0.1, 0.15) is 20.8 Å². The van der Waals surface area contributed by atoms with Crippen molar-refractivity contribution in [1.29, 1.82) is 0 Å². The van der Waals surface area contributed by atoms with Gasteiger partial charge in [-0.15, -0.1) is 0 Å². The molecule has 1 N–H and O–H groups in total. The molecule has 0 aliphatic heterocycles. The van der Waals surface area contributed by atoms with Gasteiger partial charge < -0.3 is 10.1 Å². The first-order valence-electron chi connectivity index (χ1n) is 4.73. The van der Waals surface area contributed by atoms with Crippen LogP contribution in [0.2, 0.25) is 0 Å². The predicted octanol–water partition coefficient (Wildman–Crippen LogP) is 3.48. The summed E-state index contributed by atoms with van der Waals surface area (Å²) in [5.74, 6) is -0.302. The average Bonchev–Trinajstić information content (AvgIpc) is 2.08. The molecule has 0 heterocycles. The topological polar surface area (TPSA) is 38.3 Å². The summed E-state index contributed by atoms with van der Waals surface area (Å²) in [4.78, 5) is 11.4. The van der Waals surface area contributed by atoms with Crippen molar-refractivity contribution in [2.75, 3.05) is 0 Å². The number of amides is 1. The molecule has 0 atom stereocenters. The summed E-state index contributed by atoms with van der Waals surface area (Å²) >= 11 is 3.17. The summed E-state index contributed by atoms with van der Waals surface area (Å²) in [6.07, 6.45) is -0.612. The van der Waals surface area contributed by atoms with Crippen LogP contribution in [0, 0.1) is 5.82 Å². The van der Waals surface area contributed by atoms with Crippen molar-refractivity contribution < 1.29 is 13.9 Å². The van der Waals surface area contributed by atoms with E-state index in [4.69, 9.17) is 4.74 Å². The lowest BCUT2D eigenvalue weighted by atomic mass is 10.1. The Balaban J connectivity index is 2.73. The van der Waals surface area contributed by atoms with E-state index < -0.39 is 17.4 Å². The highest BCUT2D eigenvalue weighted by Gasteiger charge is 2.16. The van der Waals surface area contributed by atoms with E-state index in [0.717, 1.165) is 6.07 Å². The van der Waals surface area contributed by atoms with E-state index >= 15 is 0 Å². The Kier molecular flexibility index (Phi) is 3.91. The summed E-state index contributed by atoms with van der Waals surface area (Å²) in [5.41, 5.74) is -0.392. The molecule has 0 aliphatic carbocycles. The zero-order valence-corrected chi connectivity index (χ0v) is 10.9. The van der Waals surface area contributed by atoms with Crippen molar-refractivity contribution in [3.8, 4) is 5.75 Å². The zero-order chi connectivity index (χ0) is 12.3. The Morgan fingerprint density at radius 1 is 1.44 bits per heavy atom. The van der Waals surface area contributed by atoms with E-state index in [-0.39, 0.29) is 5.75 Å². The first-order chi connectivity index (χ1) is 7.28. The van der Waals surface area contributed by atoms with Crippen LogP contribution in [-0.2, 0) is 0 Å². The standard InChI is InChI=1S/C11H13BrFNO2/c1-11(2,3)14-10(15)16-9-6-7(13)4-5-8(9)12/h4-6H,1-3H3,(H,14,15). The lowest BCUT2D eigenvalue weighted by Crippen LogP contribution is -2.42. The molecule has 88 valence electrons. The number of carbonyl (C=O) groups excluding carboxylic acids is 1. The molecule has 3 nitrogen and oxygen atoms in total. The maximum atomic E-state index is 12.9. The SMILES string of the molecule is CC(C)(C)NC(=O)Oc1cc(F)ccc1Br. The highest BCUT2D eigenvalue weighted by Crippen LogP contribution is 2.25. The molecule has 0 spiro atoms. The Hall–Kier alpha value is -1.10. The largest absolute Gasteiger partial charge is 0.413 e. The number of rotatable bonds is 1. The molecule has 5 heteroatoms. The molecule has 1 amide bonds. The molecule has 0 fully saturated rings. The van der Waals surface area contributed by atoms with E-state index in [0.29, 0.717) is 4.47 Å². The summed E-state index contributed by atoms with van der Waals surface area (Å²) in [5, 5.41) is 2.61. The number of hydrogen-bond donors (Lipinski definition) is 1. The third kappa shape index (κ3) is 4.18. The second-order valence-corrected chi connectivity index (χ2v) is 5.19. The molecule has 1 aromatic carbocycles. The Morgan fingerprint density at radius 2 is 2.06 bits per heavy atom. The van der Waals surface area contributed by atoms with Gasteiger partial charge in [-0.05, 0) is 48.8 Å². The van der Waals surface area contributed by atoms with Crippen LogP contribution in [-0.4, -0.2) is 11.6 Å². The Bertz CT molecular complexity index is 401. The van der Waals surface area contributed by atoms with E-state index in [9.17, 15) is 9.18 Å². The van der Waals surface area contributed by atoms with Crippen LogP contribution in [0.5, 0.6) is 5.75 Å². The molecular weight excluding hydrogens is 277 g/mol. The third-order valence-electron chi connectivity index (χ3n) is 1.57. The number of nitrogens with one attached hydrogen (secondary N) is 1. The fourth-order valence-electron chi connectivity index (χ4n) is 0.987. The monoisotopic (exact) mass is 289 g/mol. The quantitative estimate of drug-likeness (QED) is 0.860. The summed E-state index contributed by atoms with van der Waals surface area (Å²) in [7, 11) is 0. The number of carbonyl (C=O) groups is 1. The normalized spacial score (nSPS) is 11.1. The lowest BCUT2D eigenvalue weighted by Gasteiger charge is -2.20. The van der Waals surface area contributed by atoms with Gasteiger partial charge in [-0.25, -0.2) is 9.18 Å². The predicted molar refractivity (Wildman–Crippen MR) is 63.0 cm³/mol. The molecule has 0 unspecified atom stereocenters. The maximum Gasteiger partial charge on any atom is 0.413 e. The van der Waals surface area contributed by atoms with Crippen molar-refractivity contribution in [2.24, 2.45) is 0 Å². The second-order valence-electron chi connectivity index (χ2n) is 4.34.